The van der Waals surface area contributed by atoms with Gasteiger partial charge in [-0.15, -0.1) is 0 Å². The lowest BCUT2D eigenvalue weighted by Gasteiger charge is -2.02. The average Bonchev–Trinajstić information content (AvgIpc) is 2.28. The van der Waals surface area contributed by atoms with E-state index >= 15 is 0 Å². The molecule has 68 valence electrons. The van der Waals surface area contributed by atoms with Crippen molar-refractivity contribution in [2.45, 2.75) is 26.8 Å². The molecule has 0 bridgehead atoms. The maximum Gasteiger partial charge on any atom is 0.342 e. The number of hydrogen-bond donors (Lipinski definition) is 2. The first-order chi connectivity index (χ1) is 5.61. The number of hydrogen-bond acceptors (Lipinski definition) is 2. The normalized spacial score (nSPS) is 10.9. The van der Waals surface area contributed by atoms with Gasteiger partial charge < -0.3 is 0 Å². The zero-order chi connectivity index (χ0) is 9.14. The Hall–Kier alpha value is -0.840. The summed E-state index contributed by atoms with van der Waals surface area (Å²) in [4.78, 5) is 11.1. The molecule has 0 aliphatic rings. The maximum atomic E-state index is 11.1. The smallest absolute Gasteiger partial charge is 0.272 e. The molecule has 0 unspecified atom stereocenters. The summed E-state index contributed by atoms with van der Waals surface area (Å²) in [6, 6.07) is 0. The van der Waals surface area contributed by atoms with Crippen LogP contribution in [0.3, 0.4) is 0 Å². The van der Waals surface area contributed by atoms with E-state index in [1.807, 2.05) is 0 Å². The minimum atomic E-state index is -0.152. The summed E-state index contributed by atoms with van der Waals surface area (Å²) < 4.78 is 2.01. The molecule has 1 heterocycles. The van der Waals surface area contributed by atoms with Crippen LogP contribution in [0.15, 0.2) is 4.79 Å². The average molecular weight is 187 g/mol. The van der Waals surface area contributed by atoms with Crippen LogP contribution < -0.4 is 5.69 Å². The van der Waals surface area contributed by atoms with Crippen molar-refractivity contribution in [3.63, 3.8) is 0 Å². The van der Waals surface area contributed by atoms with Crippen molar-refractivity contribution in [2.75, 3.05) is 0 Å². The largest absolute Gasteiger partial charge is 0.342 e. The molecule has 2 N–H and O–H groups in total. The number of rotatable bonds is 3. The van der Waals surface area contributed by atoms with Crippen molar-refractivity contribution in [1.82, 2.24) is 14.8 Å². The zero-order valence-electron chi connectivity index (χ0n) is 7.26. The second kappa shape index (κ2) is 3.71. The molecular weight excluding hydrogens is 174 g/mol. The molecule has 0 amide bonds. The first-order valence-corrected chi connectivity index (χ1v) is 4.39. The lowest BCUT2D eigenvalue weighted by atomic mass is 10.1. The van der Waals surface area contributed by atoms with Crippen molar-refractivity contribution >= 4 is 12.2 Å². The number of aromatic amines is 2. The first kappa shape index (κ1) is 9.25. The van der Waals surface area contributed by atoms with E-state index in [0.717, 1.165) is 6.42 Å². The van der Waals surface area contributed by atoms with Crippen LogP contribution in [0, 0.1) is 10.7 Å². The van der Waals surface area contributed by atoms with Gasteiger partial charge in [0, 0.05) is 6.54 Å². The zero-order valence-corrected chi connectivity index (χ0v) is 8.07. The standard InChI is InChI=1S/C7H13N3OS/c1-5(2)3-4-10-6(11)8-9-7(10)12/h5H,3-4H2,1-2H3,(H,8,11)(H,9,12). The monoisotopic (exact) mass is 187 g/mol. The fourth-order valence-corrected chi connectivity index (χ4v) is 1.15. The number of H-pyrrole nitrogens is 2. The Kier molecular flexibility index (Phi) is 2.86. The molecule has 0 atom stereocenters. The Balaban J connectivity index is 2.75. The topological polar surface area (TPSA) is 53.6 Å². The van der Waals surface area contributed by atoms with E-state index in [9.17, 15) is 4.79 Å². The summed E-state index contributed by atoms with van der Waals surface area (Å²) in [6.45, 7) is 4.92. The van der Waals surface area contributed by atoms with Crippen molar-refractivity contribution in [3.8, 4) is 0 Å². The number of nitrogens with zero attached hydrogens (tertiary/aromatic N) is 1. The Morgan fingerprint density at radius 2 is 2.17 bits per heavy atom. The highest BCUT2D eigenvalue weighted by atomic mass is 32.1. The highest BCUT2D eigenvalue weighted by Gasteiger charge is 2.00. The van der Waals surface area contributed by atoms with Crippen LogP contribution in [0.4, 0.5) is 0 Å². The third kappa shape index (κ3) is 2.07. The molecule has 4 nitrogen and oxygen atoms in total. The molecule has 5 heteroatoms. The van der Waals surface area contributed by atoms with Gasteiger partial charge in [0.05, 0.1) is 0 Å². The van der Waals surface area contributed by atoms with Gasteiger partial charge in [-0.2, -0.15) is 0 Å². The Labute approximate surface area is 75.6 Å². The molecule has 1 rings (SSSR count). The molecule has 1 aromatic heterocycles. The van der Waals surface area contributed by atoms with Crippen LogP contribution in [-0.2, 0) is 6.54 Å². The van der Waals surface area contributed by atoms with Gasteiger partial charge >= 0.3 is 5.69 Å². The van der Waals surface area contributed by atoms with Gasteiger partial charge in [-0.1, -0.05) is 13.8 Å². The van der Waals surface area contributed by atoms with Gasteiger partial charge in [-0.05, 0) is 24.6 Å². The molecule has 0 radical (unpaired) electrons. The molecule has 12 heavy (non-hydrogen) atoms. The fraction of sp³-hybridized carbons (Fsp3) is 0.714. The maximum absolute atomic E-state index is 11.1. The SMILES string of the molecule is CC(C)CCn1c(=O)[nH][nH]c1=S. The molecule has 0 aliphatic carbocycles. The molecule has 0 aromatic carbocycles. The van der Waals surface area contributed by atoms with Gasteiger partial charge in [-0.3, -0.25) is 9.67 Å². The van der Waals surface area contributed by atoms with E-state index in [0.29, 0.717) is 17.2 Å². The van der Waals surface area contributed by atoms with E-state index in [-0.39, 0.29) is 5.69 Å². The quantitative estimate of drug-likeness (QED) is 0.700. The van der Waals surface area contributed by atoms with Crippen LogP contribution in [0.1, 0.15) is 20.3 Å². The minimum absolute atomic E-state index is 0.152. The molecular formula is C7H13N3OS. The second-order valence-electron chi connectivity index (χ2n) is 3.19. The van der Waals surface area contributed by atoms with Crippen LogP contribution >= 0.6 is 12.2 Å². The Morgan fingerprint density at radius 1 is 1.50 bits per heavy atom. The highest BCUT2D eigenvalue weighted by molar-refractivity contribution is 7.71. The third-order valence-corrected chi connectivity index (χ3v) is 2.02. The van der Waals surface area contributed by atoms with Crippen molar-refractivity contribution in [2.24, 2.45) is 5.92 Å². The van der Waals surface area contributed by atoms with Gasteiger partial charge in [-0.25, -0.2) is 9.89 Å². The number of aromatic nitrogens is 3. The van der Waals surface area contributed by atoms with Crippen LogP contribution in [0.5, 0.6) is 0 Å². The summed E-state index contributed by atoms with van der Waals surface area (Å²) in [7, 11) is 0. The second-order valence-corrected chi connectivity index (χ2v) is 3.58. The van der Waals surface area contributed by atoms with E-state index < -0.39 is 0 Å². The lowest BCUT2D eigenvalue weighted by Crippen LogP contribution is -2.17. The van der Waals surface area contributed by atoms with E-state index in [4.69, 9.17) is 12.2 Å². The van der Waals surface area contributed by atoms with E-state index in [1.54, 1.807) is 0 Å². The third-order valence-electron chi connectivity index (χ3n) is 1.70. The van der Waals surface area contributed by atoms with Crippen molar-refractivity contribution in [1.29, 1.82) is 0 Å². The van der Waals surface area contributed by atoms with Gasteiger partial charge in [0.2, 0.25) is 0 Å². The predicted molar refractivity (Wildman–Crippen MR) is 49.7 cm³/mol. The van der Waals surface area contributed by atoms with Crippen LogP contribution in [0.25, 0.3) is 0 Å². The first-order valence-electron chi connectivity index (χ1n) is 3.98. The van der Waals surface area contributed by atoms with E-state index in [1.165, 1.54) is 4.57 Å². The Bertz CT molecular complexity index is 319. The predicted octanol–water partition coefficient (Wildman–Crippen LogP) is 1.28. The van der Waals surface area contributed by atoms with Gasteiger partial charge in [0.1, 0.15) is 0 Å². The highest BCUT2D eigenvalue weighted by Crippen LogP contribution is 2.00. The fourth-order valence-electron chi connectivity index (χ4n) is 0.925. The van der Waals surface area contributed by atoms with Crippen molar-refractivity contribution in [3.05, 3.63) is 15.3 Å². The molecule has 0 fully saturated rings. The molecule has 0 saturated heterocycles. The number of nitrogens with one attached hydrogen (secondary N) is 2. The molecule has 1 aromatic rings. The molecule has 0 spiro atoms. The summed E-state index contributed by atoms with van der Waals surface area (Å²) in [5.74, 6) is 0.584. The summed E-state index contributed by atoms with van der Waals surface area (Å²) in [5, 5.41) is 5.04. The molecule has 0 saturated carbocycles. The minimum Gasteiger partial charge on any atom is -0.272 e. The van der Waals surface area contributed by atoms with Gasteiger partial charge in [0.15, 0.2) is 4.77 Å². The van der Waals surface area contributed by atoms with Crippen LogP contribution in [-0.4, -0.2) is 14.8 Å². The van der Waals surface area contributed by atoms with Gasteiger partial charge in [0.25, 0.3) is 0 Å². The summed E-state index contributed by atoms with van der Waals surface area (Å²) in [6.07, 6.45) is 0.968. The van der Waals surface area contributed by atoms with Crippen molar-refractivity contribution < 1.29 is 0 Å². The molecule has 0 aliphatic heterocycles. The Morgan fingerprint density at radius 3 is 2.58 bits per heavy atom. The summed E-state index contributed by atoms with van der Waals surface area (Å²) >= 11 is 4.90. The summed E-state index contributed by atoms with van der Waals surface area (Å²) in [5.41, 5.74) is -0.152. The van der Waals surface area contributed by atoms with E-state index in [2.05, 4.69) is 24.0 Å². The van der Waals surface area contributed by atoms with Crippen LogP contribution in [0.2, 0.25) is 0 Å². The lowest BCUT2D eigenvalue weighted by molar-refractivity contribution is 0.505.